The van der Waals surface area contributed by atoms with Crippen LogP contribution in [-0.2, 0) is 16.0 Å². The van der Waals surface area contributed by atoms with Gasteiger partial charge in [0, 0.05) is 31.5 Å². The highest BCUT2D eigenvalue weighted by Crippen LogP contribution is 2.44. The van der Waals surface area contributed by atoms with Gasteiger partial charge in [0.2, 0.25) is 0 Å². The van der Waals surface area contributed by atoms with E-state index in [1.807, 2.05) is 13.8 Å². The minimum absolute atomic E-state index is 0.0632. The van der Waals surface area contributed by atoms with Crippen LogP contribution in [0.15, 0.2) is 12.1 Å². The zero-order valence-corrected chi connectivity index (χ0v) is 19.3. The first-order chi connectivity index (χ1) is 14.2. The van der Waals surface area contributed by atoms with Crippen molar-refractivity contribution < 1.29 is 19.0 Å². The molecule has 0 amide bonds. The van der Waals surface area contributed by atoms with Crippen LogP contribution in [0.25, 0.3) is 0 Å². The van der Waals surface area contributed by atoms with Crippen molar-refractivity contribution in [2.75, 3.05) is 27.3 Å². The van der Waals surface area contributed by atoms with Crippen LogP contribution in [0, 0.1) is 17.8 Å². The summed E-state index contributed by atoms with van der Waals surface area (Å²) in [6.07, 6.45) is 2.70. The van der Waals surface area contributed by atoms with Crippen LogP contribution in [-0.4, -0.2) is 50.3 Å². The summed E-state index contributed by atoms with van der Waals surface area (Å²) < 4.78 is 17.1. The maximum absolute atomic E-state index is 12.7. The van der Waals surface area contributed by atoms with Gasteiger partial charge in [-0.25, -0.2) is 0 Å². The smallest absolute Gasteiger partial charge is 0.323 e. The first kappa shape index (κ1) is 22.9. The molecule has 0 bridgehead atoms. The Hall–Kier alpha value is -1.79. The lowest BCUT2D eigenvalue weighted by Gasteiger charge is -2.47. The van der Waals surface area contributed by atoms with Gasteiger partial charge in [-0.2, -0.15) is 0 Å². The van der Waals surface area contributed by atoms with E-state index in [4.69, 9.17) is 19.9 Å². The van der Waals surface area contributed by atoms with Crippen LogP contribution in [0.4, 0.5) is 0 Å². The molecule has 2 aliphatic heterocycles. The molecule has 0 aliphatic carbocycles. The molecule has 6 heteroatoms. The number of carbonyl (C=O) groups excluding carboxylic acids is 1. The second kappa shape index (κ2) is 9.56. The molecule has 0 saturated carbocycles. The molecule has 0 radical (unpaired) electrons. The van der Waals surface area contributed by atoms with Crippen LogP contribution in [0.2, 0.25) is 0 Å². The Labute approximate surface area is 181 Å². The topological polar surface area (TPSA) is 74.0 Å². The molecule has 2 N–H and O–H groups in total. The van der Waals surface area contributed by atoms with Gasteiger partial charge in [0.25, 0.3) is 0 Å². The minimum Gasteiger partial charge on any atom is -0.493 e. The van der Waals surface area contributed by atoms with Crippen molar-refractivity contribution in [2.24, 2.45) is 23.5 Å². The summed E-state index contributed by atoms with van der Waals surface area (Å²) in [7, 11) is 3.34. The molecule has 4 atom stereocenters. The summed E-state index contributed by atoms with van der Waals surface area (Å²) in [6.45, 7) is 10.3. The van der Waals surface area contributed by atoms with Crippen molar-refractivity contribution in [1.29, 1.82) is 0 Å². The Morgan fingerprint density at radius 1 is 1.17 bits per heavy atom. The monoisotopic (exact) mass is 418 g/mol. The number of nitrogens with zero attached hydrogens (tertiary/aromatic N) is 1. The second-order valence-electron chi connectivity index (χ2n) is 9.54. The summed E-state index contributed by atoms with van der Waals surface area (Å²) in [4.78, 5) is 15.2. The van der Waals surface area contributed by atoms with Gasteiger partial charge in [-0.15, -0.1) is 0 Å². The van der Waals surface area contributed by atoms with E-state index >= 15 is 0 Å². The zero-order chi connectivity index (χ0) is 22.0. The van der Waals surface area contributed by atoms with Gasteiger partial charge >= 0.3 is 5.97 Å². The minimum atomic E-state index is -0.578. The number of esters is 1. The van der Waals surface area contributed by atoms with E-state index in [-0.39, 0.29) is 24.0 Å². The van der Waals surface area contributed by atoms with Crippen molar-refractivity contribution in [2.45, 2.75) is 65.1 Å². The fourth-order valence-electron chi connectivity index (χ4n) is 4.88. The van der Waals surface area contributed by atoms with Crippen molar-refractivity contribution in [3.63, 3.8) is 0 Å². The third kappa shape index (κ3) is 4.75. The van der Waals surface area contributed by atoms with E-state index < -0.39 is 6.04 Å². The van der Waals surface area contributed by atoms with Crippen molar-refractivity contribution in [3.05, 3.63) is 23.3 Å². The molecule has 0 unspecified atom stereocenters. The number of ether oxygens (including phenoxy) is 3. The summed E-state index contributed by atoms with van der Waals surface area (Å²) in [6, 6.07) is 3.84. The van der Waals surface area contributed by atoms with Gasteiger partial charge in [0.15, 0.2) is 11.5 Å². The Morgan fingerprint density at radius 2 is 1.83 bits per heavy atom. The molecule has 1 aromatic rings. The highest BCUT2D eigenvalue weighted by atomic mass is 16.5. The highest BCUT2D eigenvalue weighted by Gasteiger charge is 2.41. The lowest BCUT2D eigenvalue weighted by Crippen LogP contribution is -2.51. The Kier molecular flexibility index (Phi) is 7.30. The standard InChI is InChI=1S/C24H38N2O4/c1-14(2)9-17-13-26-8-7-16-10-21(28-5)22(29-6)11-18(16)19(26)12-20(17)30-24(27)23(25)15(3)4/h10-11,14-15,17,19-20,23H,7-9,12-13,25H2,1-6H3/t17-,19+,20-,23-/m1/s1. The lowest BCUT2D eigenvalue weighted by molar-refractivity contribution is -0.160. The lowest BCUT2D eigenvalue weighted by atomic mass is 9.79. The SMILES string of the molecule is COc1cc2c(cc1OC)[C@@H]1C[C@@H](OC(=O)[C@H](N)C(C)C)[C@H](CC(C)C)CN1CC2. The normalized spacial score (nSPS) is 24.9. The van der Waals surface area contributed by atoms with Gasteiger partial charge in [0.05, 0.1) is 14.2 Å². The first-order valence-electron chi connectivity index (χ1n) is 11.2. The molecule has 0 spiro atoms. The quantitative estimate of drug-likeness (QED) is 0.683. The number of methoxy groups -OCH3 is 2. The van der Waals surface area contributed by atoms with Gasteiger partial charge < -0.3 is 19.9 Å². The second-order valence-corrected chi connectivity index (χ2v) is 9.54. The first-order valence-corrected chi connectivity index (χ1v) is 11.2. The largest absolute Gasteiger partial charge is 0.493 e. The van der Waals surface area contributed by atoms with Crippen LogP contribution < -0.4 is 15.2 Å². The number of piperidine rings is 1. The summed E-state index contributed by atoms with van der Waals surface area (Å²) in [5, 5.41) is 0. The number of hydrogen-bond donors (Lipinski definition) is 1. The van der Waals surface area contributed by atoms with Crippen molar-refractivity contribution in [3.8, 4) is 11.5 Å². The average Bonchev–Trinajstić information content (AvgIpc) is 2.71. The number of fused-ring (bicyclic) bond motifs is 3. The number of nitrogens with two attached hydrogens (primary N) is 1. The molecule has 1 fully saturated rings. The molecule has 1 saturated heterocycles. The van der Waals surface area contributed by atoms with Gasteiger partial charge in [-0.3, -0.25) is 9.69 Å². The van der Waals surface area contributed by atoms with E-state index in [1.54, 1.807) is 14.2 Å². The van der Waals surface area contributed by atoms with E-state index in [0.717, 1.165) is 43.9 Å². The molecule has 168 valence electrons. The van der Waals surface area contributed by atoms with E-state index in [9.17, 15) is 4.79 Å². The Balaban J connectivity index is 1.88. The van der Waals surface area contributed by atoms with Crippen LogP contribution in [0.5, 0.6) is 11.5 Å². The number of hydrogen-bond acceptors (Lipinski definition) is 6. The molecule has 30 heavy (non-hydrogen) atoms. The van der Waals surface area contributed by atoms with Gasteiger partial charge in [-0.05, 0) is 47.9 Å². The average molecular weight is 419 g/mol. The third-order valence-corrected chi connectivity index (χ3v) is 6.60. The van der Waals surface area contributed by atoms with E-state index in [1.165, 1.54) is 11.1 Å². The van der Waals surface area contributed by atoms with Crippen LogP contribution in [0.1, 0.15) is 57.7 Å². The van der Waals surface area contributed by atoms with E-state index in [2.05, 4.69) is 30.9 Å². The summed E-state index contributed by atoms with van der Waals surface area (Å²) in [5.74, 6) is 2.18. The Bertz CT molecular complexity index is 749. The van der Waals surface area contributed by atoms with Crippen molar-refractivity contribution in [1.82, 2.24) is 4.90 Å². The molecule has 2 aliphatic rings. The maximum atomic E-state index is 12.7. The predicted molar refractivity (Wildman–Crippen MR) is 118 cm³/mol. The molecule has 0 aromatic heterocycles. The Morgan fingerprint density at radius 3 is 2.43 bits per heavy atom. The predicted octanol–water partition coefficient (Wildman–Crippen LogP) is 3.56. The number of benzene rings is 1. The highest BCUT2D eigenvalue weighted by molar-refractivity contribution is 5.76. The third-order valence-electron chi connectivity index (χ3n) is 6.60. The number of rotatable bonds is 7. The van der Waals surface area contributed by atoms with E-state index in [0.29, 0.717) is 11.8 Å². The zero-order valence-electron chi connectivity index (χ0n) is 19.3. The molecule has 1 aromatic carbocycles. The number of carbonyl (C=O) groups is 1. The van der Waals surface area contributed by atoms with Crippen LogP contribution in [0.3, 0.4) is 0 Å². The molecular weight excluding hydrogens is 380 g/mol. The molecular formula is C24H38N2O4. The van der Waals surface area contributed by atoms with Crippen LogP contribution >= 0.6 is 0 Å². The fourth-order valence-corrected chi connectivity index (χ4v) is 4.88. The molecule has 2 heterocycles. The van der Waals surface area contributed by atoms with Crippen molar-refractivity contribution >= 4 is 5.97 Å². The van der Waals surface area contributed by atoms with Gasteiger partial charge in [0.1, 0.15) is 12.1 Å². The maximum Gasteiger partial charge on any atom is 0.323 e. The molecule has 6 nitrogen and oxygen atoms in total. The molecule has 3 rings (SSSR count). The summed E-state index contributed by atoms with van der Waals surface area (Å²) >= 11 is 0. The van der Waals surface area contributed by atoms with Gasteiger partial charge in [-0.1, -0.05) is 27.7 Å². The summed E-state index contributed by atoms with van der Waals surface area (Å²) in [5.41, 5.74) is 8.64. The fraction of sp³-hybridized carbons (Fsp3) is 0.708.